The summed E-state index contributed by atoms with van der Waals surface area (Å²) in [5, 5.41) is 30.7. The lowest BCUT2D eigenvalue weighted by Gasteiger charge is -2.25. The number of hydrogen-bond donors (Lipinski definition) is 9. The Kier molecular flexibility index (Phi) is 28.5. The predicted molar refractivity (Wildman–Crippen MR) is 174 cm³/mol. The maximum Gasteiger partial charge on any atom is 0.139 e. The van der Waals surface area contributed by atoms with E-state index in [4.69, 9.17) is 11.5 Å². The zero-order valence-corrected chi connectivity index (χ0v) is 26.2. The van der Waals surface area contributed by atoms with Gasteiger partial charge in [-0.25, -0.2) is 0 Å². The highest BCUT2D eigenvalue weighted by Gasteiger charge is 2.20. The Bertz CT molecular complexity index is 619. The lowest BCUT2D eigenvalue weighted by atomic mass is 10.1. The number of nitrogens with one attached hydrogen (secondary N) is 6. The summed E-state index contributed by atoms with van der Waals surface area (Å²) in [4.78, 5) is 0. The second-order valence-electron chi connectivity index (χ2n) is 10.9. The monoisotopic (exact) mass is 567 g/mol. The number of hydrogen-bond acceptors (Lipinski definition) is 9. The second kappa shape index (κ2) is 29.4. The summed E-state index contributed by atoms with van der Waals surface area (Å²) in [6, 6.07) is 10.3. The molecule has 1 rings (SSSR count). The van der Waals surface area contributed by atoms with E-state index in [2.05, 4.69) is 45.7 Å². The molecular formula is C31H66N8O. The molecule has 40 heavy (non-hydrogen) atoms. The van der Waals surface area contributed by atoms with Crippen molar-refractivity contribution in [2.75, 3.05) is 78.5 Å². The van der Waals surface area contributed by atoms with E-state index in [1.807, 2.05) is 30.3 Å². The molecule has 9 nitrogen and oxygen atoms in total. The fraction of sp³-hybridized carbons (Fsp3) is 0.806. The van der Waals surface area contributed by atoms with Crippen LogP contribution in [0.5, 0.6) is 0 Å². The van der Waals surface area contributed by atoms with E-state index in [0.29, 0.717) is 6.04 Å². The minimum absolute atomic E-state index is 0.606. The minimum atomic E-state index is -0.962. The van der Waals surface area contributed by atoms with Crippen LogP contribution in [-0.2, 0) is 5.72 Å². The number of rotatable bonds is 27. The molecule has 236 valence electrons. The van der Waals surface area contributed by atoms with Crippen LogP contribution in [0.3, 0.4) is 0 Å². The van der Waals surface area contributed by atoms with Crippen molar-refractivity contribution in [3.05, 3.63) is 35.9 Å². The Morgan fingerprint density at radius 2 is 1.00 bits per heavy atom. The first-order valence-electron chi connectivity index (χ1n) is 15.9. The molecule has 0 bridgehead atoms. The predicted octanol–water partition coefficient (Wildman–Crippen LogP) is 1.82. The highest BCUT2D eigenvalue weighted by atomic mass is 16.3. The Hall–Kier alpha value is -1.14. The molecule has 1 atom stereocenters. The van der Waals surface area contributed by atoms with Crippen LogP contribution in [0.4, 0.5) is 0 Å². The molecule has 0 aliphatic heterocycles. The van der Waals surface area contributed by atoms with E-state index in [1.165, 1.54) is 32.1 Å². The van der Waals surface area contributed by atoms with Crippen molar-refractivity contribution < 1.29 is 5.11 Å². The summed E-state index contributed by atoms with van der Waals surface area (Å²) in [6.45, 7) is 18.2. The van der Waals surface area contributed by atoms with Gasteiger partial charge in [-0.1, -0.05) is 44.2 Å². The van der Waals surface area contributed by atoms with Gasteiger partial charge in [-0.15, -0.1) is 0 Å². The molecule has 1 aromatic rings. The Labute approximate surface area is 246 Å². The average Bonchev–Trinajstić information content (AvgIpc) is 2.95. The topological polar surface area (TPSA) is 144 Å². The first-order chi connectivity index (χ1) is 19.4. The summed E-state index contributed by atoms with van der Waals surface area (Å²) in [5.74, 6) is 0. The molecule has 0 heterocycles. The van der Waals surface area contributed by atoms with Crippen molar-refractivity contribution in [3.8, 4) is 0 Å². The molecule has 1 aromatic carbocycles. The fourth-order valence-electron chi connectivity index (χ4n) is 3.97. The van der Waals surface area contributed by atoms with Gasteiger partial charge < -0.3 is 43.2 Å². The first kappa shape index (κ1) is 38.9. The van der Waals surface area contributed by atoms with Gasteiger partial charge in [0, 0.05) is 6.04 Å². The summed E-state index contributed by atoms with van der Waals surface area (Å²) in [6.07, 6.45) is 9.24. The quantitative estimate of drug-likeness (QED) is 0.0575. The van der Waals surface area contributed by atoms with Crippen molar-refractivity contribution >= 4 is 0 Å². The number of aliphatic hydroxyl groups is 1. The Balaban J connectivity index is 0.000000799. The summed E-state index contributed by atoms with van der Waals surface area (Å²) < 4.78 is 0. The lowest BCUT2D eigenvalue weighted by molar-refractivity contribution is 0.0200. The van der Waals surface area contributed by atoms with Crippen LogP contribution in [0, 0.1) is 0 Å². The summed E-state index contributed by atoms with van der Waals surface area (Å²) >= 11 is 0. The largest absolute Gasteiger partial charge is 0.372 e. The standard InChI is InChI=1S/C18H34N4O.C13H32N4/c1-18(23,17-9-3-2-4-10-17)22-16-8-15-21-13-6-5-12-20-14-7-11-19;1-13(2)17-12-6-11-16-9-4-3-8-15-10-5-7-14/h2-4,9-10,20-23H,5-8,11-16,19H2,1H3;13,15-17H,3-12,14H2,1-2H3. The third-order valence-corrected chi connectivity index (χ3v) is 6.45. The van der Waals surface area contributed by atoms with Gasteiger partial charge in [0.2, 0.25) is 0 Å². The third kappa shape index (κ3) is 27.1. The number of benzene rings is 1. The maximum absolute atomic E-state index is 10.4. The smallest absolute Gasteiger partial charge is 0.139 e. The van der Waals surface area contributed by atoms with E-state index < -0.39 is 5.72 Å². The Morgan fingerprint density at radius 3 is 1.43 bits per heavy atom. The second-order valence-corrected chi connectivity index (χ2v) is 10.9. The molecule has 0 saturated heterocycles. The molecule has 0 aromatic heterocycles. The van der Waals surface area contributed by atoms with Crippen LogP contribution in [0.1, 0.15) is 77.7 Å². The normalized spacial score (nSPS) is 12.8. The molecule has 0 radical (unpaired) electrons. The van der Waals surface area contributed by atoms with E-state index in [9.17, 15) is 5.11 Å². The molecule has 0 spiro atoms. The molecule has 11 N–H and O–H groups in total. The van der Waals surface area contributed by atoms with Crippen molar-refractivity contribution in [2.24, 2.45) is 11.5 Å². The van der Waals surface area contributed by atoms with Crippen molar-refractivity contribution in [3.63, 3.8) is 0 Å². The van der Waals surface area contributed by atoms with Crippen LogP contribution in [0.15, 0.2) is 30.3 Å². The van der Waals surface area contributed by atoms with Crippen molar-refractivity contribution in [2.45, 2.75) is 83.9 Å². The van der Waals surface area contributed by atoms with Gasteiger partial charge in [0.25, 0.3) is 0 Å². The van der Waals surface area contributed by atoms with Gasteiger partial charge in [-0.2, -0.15) is 0 Å². The van der Waals surface area contributed by atoms with Gasteiger partial charge in [0.05, 0.1) is 0 Å². The van der Waals surface area contributed by atoms with Gasteiger partial charge in [0.1, 0.15) is 5.72 Å². The van der Waals surface area contributed by atoms with Crippen LogP contribution in [0.25, 0.3) is 0 Å². The molecule has 0 aliphatic rings. The minimum Gasteiger partial charge on any atom is -0.372 e. The average molecular weight is 567 g/mol. The fourth-order valence-corrected chi connectivity index (χ4v) is 3.97. The van der Waals surface area contributed by atoms with E-state index in [1.54, 1.807) is 6.92 Å². The third-order valence-electron chi connectivity index (χ3n) is 6.45. The van der Waals surface area contributed by atoms with Gasteiger partial charge in [-0.05, 0) is 142 Å². The SMILES string of the molecule is CC(C)NCCCNCCCCNCCCN.CC(O)(NCCCNCCCCNCCCN)c1ccccc1. The molecule has 0 saturated carbocycles. The molecule has 9 heteroatoms. The lowest BCUT2D eigenvalue weighted by Crippen LogP contribution is -2.40. The van der Waals surface area contributed by atoms with Crippen molar-refractivity contribution in [1.29, 1.82) is 0 Å². The van der Waals surface area contributed by atoms with Crippen LogP contribution in [-0.4, -0.2) is 89.7 Å². The van der Waals surface area contributed by atoms with Gasteiger partial charge in [0.15, 0.2) is 0 Å². The Morgan fingerprint density at radius 1 is 0.600 bits per heavy atom. The zero-order chi connectivity index (χ0) is 29.6. The van der Waals surface area contributed by atoms with Crippen LogP contribution < -0.4 is 43.4 Å². The van der Waals surface area contributed by atoms with Crippen LogP contribution in [0.2, 0.25) is 0 Å². The summed E-state index contributed by atoms with van der Waals surface area (Å²) in [7, 11) is 0. The van der Waals surface area contributed by atoms with E-state index in [0.717, 1.165) is 103 Å². The molecule has 1 unspecified atom stereocenters. The molecule has 0 aliphatic carbocycles. The van der Waals surface area contributed by atoms with E-state index in [-0.39, 0.29) is 0 Å². The maximum atomic E-state index is 10.4. The number of nitrogens with two attached hydrogens (primary N) is 2. The molecule has 0 fully saturated rings. The first-order valence-corrected chi connectivity index (χ1v) is 15.9. The highest BCUT2D eigenvalue weighted by molar-refractivity contribution is 5.20. The zero-order valence-electron chi connectivity index (χ0n) is 26.2. The molecule has 0 amide bonds. The highest BCUT2D eigenvalue weighted by Crippen LogP contribution is 2.16. The van der Waals surface area contributed by atoms with Gasteiger partial charge >= 0.3 is 0 Å². The number of unbranched alkanes of at least 4 members (excludes halogenated alkanes) is 2. The van der Waals surface area contributed by atoms with Gasteiger partial charge in [-0.3, -0.25) is 5.32 Å². The summed E-state index contributed by atoms with van der Waals surface area (Å²) in [5.41, 5.74) is 10.8. The molecular weight excluding hydrogens is 500 g/mol. The van der Waals surface area contributed by atoms with Crippen LogP contribution >= 0.6 is 0 Å². The van der Waals surface area contributed by atoms with Crippen molar-refractivity contribution in [1.82, 2.24) is 31.9 Å². The van der Waals surface area contributed by atoms with E-state index >= 15 is 0 Å².